The number of rotatable bonds is 7. The summed E-state index contributed by atoms with van der Waals surface area (Å²) in [5, 5.41) is 15.6. The zero-order valence-corrected chi connectivity index (χ0v) is 19.9. The van der Waals surface area contributed by atoms with Crippen molar-refractivity contribution in [2.75, 3.05) is 45.1 Å². The predicted molar refractivity (Wildman–Crippen MR) is 131 cm³/mol. The SMILES string of the molecule is CN1CCN(CCc2cc3ncnc(Nc4ccc(F)c(CI)c4)c3cc2[N+](=O)[O-])CC1. The van der Waals surface area contributed by atoms with Gasteiger partial charge < -0.3 is 15.1 Å². The fourth-order valence-corrected chi connectivity index (χ4v) is 4.43. The molecule has 0 bridgehead atoms. The van der Waals surface area contributed by atoms with Gasteiger partial charge in [-0.15, -0.1) is 0 Å². The van der Waals surface area contributed by atoms with Crippen LogP contribution in [0.15, 0.2) is 36.7 Å². The van der Waals surface area contributed by atoms with E-state index in [1.54, 1.807) is 24.3 Å². The maximum Gasteiger partial charge on any atom is 0.273 e. The van der Waals surface area contributed by atoms with E-state index in [-0.39, 0.29) is 16.4 Å². The minimum atomic E-state index is -0.346. The molecule has 0 atom stereocenters. The summed E-state index contributed by atoms with van der Waals surface area (Å²) in [7, 11) is 2.10. The first-order valence-corrected chi connectivity index (χ1v) is 11.9. The third-order valence-electron chi connectivity index (χ3n) is 5.78. The Labute approximate surface area is 199 Å². The van der Waals surface area contributed by atoms with Crippen molar-refractivity contribution in [2.45, 2.75) is 10.8 Å². The monoisotopic (exact) mass is 550 g/mol. The zero-order chi connectivity index (χ0) is 22.7. The number of hydrogen-bond acceptors (Lipinski definition) is 7. The molecule has 0 radical (unpaired) electrons. The summed E-state index contributed by atoms with van der Waals surface area (Å²) in [6, 6.07) is 8.07. The van der Waals surface area contributed by atoms with Crippen LogP contribution in [0.1, 0.15) is 11.1 Å². The number of fused-ring (bicyclic) bond motifs is 1. The average molecular weight is 550 g/mol. The molecule has 4 rings (SSSR count). The van der Waals surface area contributed by atoms with Gasteiger partial charge in [0.2, 0.25) is 0 Å². The van der Waals surface area contributed by atoms with Gasteiger partial charge in [0.15, 0.2) is 0 Å². The Morgan fingerprint density at radius 3 is 2.66 bits per heavy atom. The number of nitrogens with zero attached hydrogens (tertiary/aromatic N) is 5. The van der Waals surface area contributed by atoms with Gasteiger partial charge in [-0.3, -0.25) is 10.1 Å². The summed E-state index contributed by atoms with van der Waals surface area (Å²) in [6.07, 6.45) is 2.02. The van der Waals surface area contributed by atoms with Crippen molar-refractivity contribution in [2.24, 2.45) is 0 Å². The second-order valence-electron chi connectivity index (χ2n) is 7.94. The summed E-state index contributed by atoms with van der Waals surface area (Å²) in [4.78, 5) is 24.7. The van der Waals surface area contributed by atoms with Crippen LogP contribution in [0, 0.1) is 15.9 Å². The van der Waals surface area contributed by atoms with Crippen LogP contribution in [-0.2, 0) is 10.8 Å². The molecule has 0 spiro atoms. The number of aromatic nitrogens is 2. The van der Waals surface area contributed by atoms with E-state index in [1.165, 1.54) is 12.4 Å². The number of benzene rings is 2. The van der Waals surface area contributed by atoms with Crippen LogP contribution in [0.3, 0.4) is 0 Å². The Morgan fingerprint density at radius 2 is 1.94 bits per heavy atom. The van der Waals surface area contributed by atoms with Crippen molar-refractivity contribution >= 4 is 50.7 Å². The van der Waals surface area contributed by atoms with Gasteiger partial charge in [-0.25, -0.2) is 14.4 Å². The van der Waals surface area contributed by atoms with E-state index < -0.39 is 0 Å². The Balaban J connectivity index is 1.62. The molecule has 1 saturated heterocycles. The molecule has 2 heterocycles. The van der Waals surface area contributed by atoms with E-state index >= 15 is 0 Å². The molecular weight excluding hydrogens is 526 g/mol. The Kier molecular flexibility index (Phi) is 7.11. The Hall–Kier alpha value is -2.44. The number of alkyl halides is 1. The number of nitro benzene ring substituents is 1. The zero-order valence-electron chi connectivity index (χ0n) is 17.7. The molecule has 8 nitrogen and oxygen atoms in total. The molecule has 0 unspecified atom stereocenters. The number of anilines is 2. The highest BCUT2D eigenvalue weighted by molar-refractivity contribution is 14.1. The highest BCUT2D eigenvalue weighted by atomic mass is 127. The van der Waals surface area contributed by atoms with Crippen LogP contribution >= 0.6 is 22.6 Å². The van der Waals surface area contributed by atoms with Gasteiger partial charge in [0, 0.05) is 59.9 Å². The summed E-state index contributed by atoms with van der Waals surface area (Å²) in [5.74, 6) is 0.188. The van der Waals surface area contributed by atoms with Crippen LogP contribution in [0.2, 0.25) is 0 Å². The predicted octanol–water partition coefficient (Wildman–Crippen LogP) is 4.15. The molecule has 3 aromatic rings. The highest BCUT2D eigenvalue weighted by Crippen LogP contribution is 2.31. The van der Waals surface area contributed by atoms with Crippen molar-refractivity contribution in [3.05, 3.63) is 63.7 Å². The van der Waals surface area contributed by atoms with Gasteiger partial charge in [-0.1, -0.05) is 22.6 Å². The van der Waals surface area contributed by atoms with Gasteiger partial charge in [-0.2, -0.15) is 0 Å². The molecule has 10 heteroatoms. The van der Waals surface area contributed by atoms with Crippen LogP contribution in [0.5, 0.6) is 0 Å². The molecule has 0 amide bonds. The first-order valence-electron chi connectivity index (χ1n) is 10.4. The summed E-state index contributed by atoms with van der Waals surface area (Å²) < 4.78 is 14.4. The Morgan fingerprint density at radius 1 is 1.16 bits per heavy atom. The molecular formula is C22H24FIN6O2. The van der Waals surface area contributed by atoms with Crippen LogP contribution in [0.4, 0.5) is 21.6 Å². The molecule has 1 N–H and O–H groups in total. The summed E-state index contributed by atoms with van der Waals surface area (Å²) in [6.45, 7) is 4.70. The number of likely N-dealkylation sites (N-methyl/N-ethyl adjacent to an activating group) is 1. The molecule has 2 aromatic carbocycles. The largest absolute Gasteiger partial charge is 0.340 e. The van der Waals surface area contributed by atoms with E-state index in [2.05, 4.69) is 54.7 Å². The van der Waals surface area contributed by atoms with E-state index in [0.717, 1.165) is 32.7 Å². The molecule has 0 aliphatic carbocycles. The normalized spacial score (nSPS) is 15.2. The second-order valence-corrected chi connectivity index (χ2v) is 8.70. The average Bonchev–Trinajstić information content (AvgIpc) is 2.79. The molecule has 1 aliphatic rings. The first-order chi connectivity index (χ1) is 15.4. The lowest BCUT2D eigenvalue weighted by atomic mass is 10.1. The number of nitro groups is 1. The fraction of sp³-hybridized carbons (Fsp3) is 0.364. The minimum absolute atomic E-state index is 0.0662. The van der Waals surface area contributed by atoms with Crippen molar-refractivity contribution < 1.29 is 9.31 Å². The first kappa shape index (κ1) is 22.7. The minimum Gasteiger partial charge on any atom is -0.340 e. The standard InChI is InChI=1S/C22H24FIN6O2/c1-28-6-8-29(9-7-28)5-4-15-11-20-18(12-21(15)30(31)32)22(26-14-25-20)27-17-2-3-19(23)16(10-17)13-24/h2-3,10-12,14H,4-9,13H2,1H3,(H,25,26,27). The van der Waals surface area contributed by atoms with Crippen LogP contribution in [-0.4, -0.2) is 64.5 Å². The van der Waals surface area contributed by atoms with E-state index in [9.17, 15) is 14.5 Å². The molecule has 1 aromatic heterocycles. The maximum atomic E-state index is 13.8. The molecule has 1 aliphatic heterocycles. The van der Waals surface area contributed by atoms with Gasteiger partial charge in [-0.05, 0) is 43.3 Å². The lowest BCUT2D eigenvalue weighted by Crippen LogP contribution is -2.45. The van der Waals surface area contributed by atoms with Gasteiger partial charge in [0.25, 0.3) is 5.69 Å². The van der Waals surface area contributed by atoms with Crippen molar-refractivity contribution in [1.82, 2.24) is 19.8 Å². The third kappa shape index (κ3) is 5.13. The van der Waals surface area contributed by atoms with Gasteiger partial charge in [0.1, 0.15) is 18.0 Å². The number of piperazine rings is 1. The number of nitrogens with one attached hydrogen (secondary N) is 1. The van der Waals surface area contributed by atoms with Gasteiger partial charge in [0.05, 0.1) is 10.4 Å². The summed E-state index contributed by atoms with van der Waals surface area (Å²) in [5.41, 5.74) is 2.61. The van der Waals surface area contributed by atoms with Crippen LogP contribution < -0.4 is 5.32 Å². The number of hydrogen-bond donors (Lipinski definition) is 1. The number of halogens is 2. The third-order valence-corrected chi connectivity index (χ3v) is 6.60. The van der Waals surface area contributed by atoms with Crippen molar-refractivity contribution in [1.29, 1.82) is 0 Å². The maximum absolute atomic E-state index is 13.8. The van der Waals surface area contributed by atoms with Crippen molar-refractivity contribution in [3.63, 3.8) is 0 Å². The van der Waals surface area contributed by atoms with Gasteiger partial charge >= 0.3 is 0 Å². The van der Waals surface area contributed by atoms with Crippen molar-refractivity contribution in [3.8, 4) is 0 Å². The lowest BCUT2D eigenvalue weighted by Gasteiger charge is -2.32. The quantitative estimate of drug-likeness (QED) is 0.205. The van der Waals surface area contributed by atoms with E-state index in [0.29, 0.717) is 44.4 Å². The smallest absolute Gasteiger partial charge is 0.273 e. The molecule has 1 fully saturated rings. The lowest BCUT2D eigenvalue weighted by molar-refractivity contribution is -0.385. The highest BCUT2D eigenvalue weighted by Gasteiger charge is 2.20. The molecule has 168 valence electrons. The fourth-order valence-electron chi connectivity index (χ4n) is 3.85. The van der Waals surface area contributed by atoms with E-state index in [1.807, 2.05) is 0 Å². The van der Waals surface area contributed by atoms with E-state index in [4.69, 9.17) is 0 Å². The molecule has 32 heavy (non-hydrogen) atoms. The molecule has 0 saturated carbocycles. The Bertz CT molecular complexity index is 1140. The topological polar surface area (TPSA) is 87.4 Å². The summed E-state index contributed by atoms with van der Waals surface area (Å²) >= 11 is 2.11. The van der Waals surface area contributed by atoms with Crippen LogP contribution in [0.25, 0.3) is 10.9 Å². The second kappa shape index (κ2) is 10.0.